The Kier molecular flexibility index (Phi) is 5.44. The summed E-state index contributed by atoms with van der Waals surface area (Å²) in [4.78, 5) is 26.9. The van der Waals surface area contributed by atoms with Crippen molar-refractivity contribution in [3.8, 4) is 5.75 Å². The second kappa shape index (κ2) is 7.18. The first-order valence-corrected chi connectivity index (χ1v) is 8.70. The van der Waals surface area contributed by atoms with Gasteiger partial charge in [-0.15, -0.1) is 11.3 Å². The Morgan fingerprint density at radius 3 is 2.62 bits per heavy atom. The number of carbonyl (C=O) groups is 1. The molecule has 0 saturated carbocycles. The van der Waals surface area contributed by atoms with Crippen LogP contribution in [0.1, 0.15) is 40.2 Å². The molecule has 1 aromatic carbocycles. The molecule has 0 aliphatic heterocycles. The normalized spacial score (nSPS) is 13.6. The molecule has 0 bridgehead atoms. The number of carbonyl (C=O) groups excluding carboxylic acids is 1. The van der Waals surface area contributed by atoms with Crippen molar-refractivity contribution in [2.45, 2.75) is 40.7 Å². The Labute approximate surface area is 145 Å². The number of Topliss-reactive ketones (excluding diaryl/α,β-unsaturated/α-hetero) is 1. The molecule has 0 saturated heterocycles. The molecule has 0 atom stereocenters. The number of ether oxygens (including phenoxy) is 1. The third-order valence-corrected chi connectivity index (χ3v) is 4.17. The first-order valence-electron chi connectivity index (χ1n) is 7.89. The molecule has 4 nitrogen and oxygen atoms in total. The smallest absolute Gasteiger partial charge is 0.266 e. The summed E-state index contributed by atoms with van der Waals surface area (Å²) >= 11 is 1.28. The van der Waals surface area contributed by atoms with Gasteiger partial charge in [-0.05, 0) is 37.6 Å². The van der Waals surface area contributed by atoms with E-state index in [9.17, 15) is 9.59 Å². The van der Waals surface area contributed by atoms with Gasteiger partial charge in [0.05, 0.1) is 15.3 Å². The topological polar surface area (TPSA) is 59.2 Å². The highest BCUT2D eigenvalue weighted by Gasteiger charge is 2.18. The van der Waals surface area contributed by atoms with E-state index in [1.165, 1.54) is 17.4 Å². The Hall–Kier alpha value is -2.14. The first-order chi connectivity index (χ1) is 11.1. The average molecular weight is 345 g/mol. The molecule has 0 spiro atoms. The Bertz CT molecular complexity index is 898. The van der Waals surface area contributed by atoms with Gasteiger partial charge < -0.3 is 9.72 Å². The van der Waals surface area contributed by atoms with Crippen molar-refractivity contribution < 1.29 is 9.53 Å². The number of ketones is 1. The van der Waals surface area contributed by atoms with Crippen LogP contribution in [-0.2, 0) is 4.79 Å². The van der Waals surface area contributed by atoms with Crippen LogP contribution in [0.2, 0.25) is 0 Å². The van der Waals surface area contributed by atoms with Crippen molar-refractivity contribution in [2.24, 2.45) is 5.41 Å². The van der Waals surface area contributed by atoms with Crippen LogP contribution in [0.3, 0.4) is 0 Å². The van der Waals surface area contributed by atoms with E-state index in [2.05, 4.69) is 4.98 Å². The van der Waals surface area contributed by atoms with Crippen molar-refractivity contribution in [1.82, 2.24) is 4.98 Å². The van der Waals surface area contributed by atoms with Crippen LogP contribution in [0.5, 0.6) is 5.75 Å². The van der Waals surface area contributed by atoms with E-state index in [1.54, 1.807) is 6.08 Å². The predicted octanol–water partition coefficient (Wildman–Crippen LogP) is 2.45. The Morgan fingerprint density at radius 1 is 1.29 bits per heavy atom. The van der Waals surface area contributed by atoms with Crippen LogP contribution in [0.25, 0.3) is 12.2 Å². The monoisotopic (exact) mass is 345 g/mol. The van der Waals surface area contributed by atoms with Crippen LogP contribution in [0.15, 0.2) is 29.1 Å². The van der Waals surface area contributed by atoms with Crippen LogP contribution in [0.4, 0.5) is 0 Å². The van der Waals surface area contributed by atoms with E-state index in [-0.39, 0.29) is 17.4 Å². The van der Waals surface area contributed by atoms with Gasteiger partial charge in [0.2, 0.25) is 0 Å². The maximum Gasteiger partial charge on any atom is 0.266 e. The zero-order valence-electron chi connectivity index (χ0n) is 14.7. The summed E-state index contributed by atoms with van der Waals surface area (Å²) in [6, 6.07) is 7.58. The van der Waals surface area contributed by atoms with Gasteiger partial charge in [0.15, 0.2) is 5.78 Å². The van der Waals surface area contributed by atoms with Crippen LogP contribution < -0.4 is 19.5 Å². The van der Waals surface area contributed by atoms with Gasteiger partial charge in [-0.1, -0.05) is 32.9 Å². The van der Waals surface area contributed by atoms with E-state index < -0.39 is 5.41 Å². The number of aromatic nitrogens is 1. The number of hydrogen-bond acceptors (Lipinski definition) is 4. The Balaban J connectivity index is 2.40. The van der Waals surface area contributed by atoms with Gasteiger partial charge in [-0.3, -0.25) is 9.59 Å². The van der Waals surface area contributed by atoms with E-state index in [0.717, 1.165) is 11.3 Å². The number of rotatable bonds is 4. The van der Waals surface area contributed by atoms with Gasteiger partial charge in [0, 0.05) is 11.5 Å². The highest BCUT2D eigenvalue weighted by molar-refractivity contribution is 7.07. The number of thiazole rings is 1. The molecule has 2 aromatic rings. The van der Waals surface area contributed by atoms with Crippen molar-refractivity contribution >= 4 is 29.3 Å². The fraction of sp³-hybridized carbons (Fsp3) is 0.368. The van der Waals surface area contributed by atoms with Crippen molar-refractivity contribution in [2.75, 3.05) is 0 Å². The van der Waals surface area contributed by atoms with Crippen molar-refractivity contribution in [3.05, 3.63) is 49.4 Å². The number of H-pyrrole nitrogens is 1. The number of hydrogen-bond donors (Lipinski definition) is 1. The lowest BCUT2D eigenvalue weighted by Gasteiger charge is -2.12. The highest BCUT2D eigenvalue weighted by atomic mass is 32.1. The van der Waals surface area contributed by atoms with Crippen LogP contribution in [-0.4, -0.2) is 16.9 Å². The number of nitrogens with one attached hydrogen (secondary N) is 1. The molecule has 24 heavy (non-hydrogen) atoms. The Morgan fingerprint density at radius 2 is 2.00 bits per heavy atom. The lowest BCUT2D eigenvalue weighted by Crippen LogP contribution is -2.22. The summed E-state index contributed by atoms with van der Waals surface area (Å²) in [5.74, 6) is 0.750. The van der Waals surface area contributed by atoms with Gasteiger partial charge in [0.1, 0.15) is 5.75 Å². The highest BCUT2D eigenvalue weighted by Crippen LogP contribution is 2.16. The molecule has 0 aliphatic rings. The van der Waals surface area contributed by atoms with E-state index in [4.69, 9.17) is 4.74 Å². The second-order valence-corrected chi connectivity index (χ2v) is 8.01. The van der Waals surface area contributed by atoms with Gasteiger partial charge in [-0.25, -0.2) is 0 Å². The third-order valence-electron chi connectivity index (χ3n) is 3.21. The molecule has 5 heteroatoms. The molecular weight excluding hydrogens is 322 g/mol. The van der Waals surface area contributed by atoms with Crippen molar-refractivity contribution in [1.29, 1.82) is 0 Å². The van der Waals surface area contributed by atoms with Gasteiger partial charge >= 0.3 is 0 Å². The number of aromatic amines is 1. The molecule has 0 unspecified atom stereocenters. The summed E-state index contributed by atoms with van der Waals surface area (Å²) < 4.78 is 6.79. The lowest BCUT2D eigenvalue weighted by atomic mass is 9.91. The molecule has 0 fully saturated rings. The van der Waals surface area contributed by atoms with E-state index in [1.807, 2.05) is 58.9 Å². The second-order valence-electron chi connectivity index (χ2n) is 6.93. The minimum absolute atomic E-state index is 0.0149. The maximum absolute atomic E-state index is 12.1. The fourth-order valence-electron chi connectivity index (χ4n) is 1.96. The van der Waals surface area contributed by atoms with Crippen LogP contribution in [0, 0.1) is 5.41 Å². The standard InChI is InChI=1S/C19H23NO3S/c1-12(2)23-14-8-6-7-13(9-14)10-15-18(22)20-17(24-15)11-16(21)19(3,4)5/h6-12H,1-5H3,(H,20,22)/b15-10+,17-11+. The van der Waals surface area contributed by atoms with E-state index in [0.29, 0.717) is 9.20 Å². The molecule has 0 amide bonds. The molecule has 0 radical (unpaired) electrons. The molecule has 1 heterocycles. The zero-order valence-corrected chi connectivity index (χ0v) is 15.5. The minimum Gasteiger partial charge on any atom is -0.491 e. The minimum atomic E-state index is -0.465. The lowest BCUT2D eigenvalue weighted by molar-refractivity contribution is -0.119. The predicted molar refractivity (Wildman–Crippen MR) is 98.9 cm³/mol. The zero-order chi connectivity index (χ0) is 17.9. The summed E-state index contributed by atoms with van der Waals surface area (Å²) in [5.41, 5.74) is 0.227. The molecule has 128 valence electrons. The SMILES string of the molecule is CC(C)Oc1cccc(/C=c2/s/c(=C/C(=O)C(C)(C)C)[nH]c2=O)c1. The molecule has 1 N–H and O–H groups in total. The van der Waals surface area contributed by atoms with Gasteiger partial charge in [0.25, 0.3) is 5.56 Å². The summed E-state index contributed by atoms with van der Waals surface area (Å²) in [6.45, 7) is 9.49. The average Bonchev–Trinajstić information content (AvgIpc) is 2.77. The molecule has 2 rings (SSSR count). The quantitative estimate of drug-likeness (QED) is 0.926. The number of benzene rings is 1. The maximum atomic E-state index is 12.1. The van der Waals surface area contributed by atoms with Crippen molar-refractivity contribution in [3.63, 3.8) is 0 Å². The molecule has 1 aromatic heterocycles. The molecular formula is C19H23NO3S. The first kappa shape index (κ1) is 18.2. The fourth-order valence-corrected chi connectivity index (χ4v) is 2.85. The van der Waals surface area contributed by atoms with E-state index >= 15 is 0 Å². The van der Waals surface area contributed by atoms with Crippen LogP contribution >= 0.6 is 11.3 Å². The summed E-state index contributed by atoms with van der Waals surface area (Å²) in [5, 5.41) is 0. The summed E-state index contributed by atoms with van der Waals surface area (Å²) in [6.07, 6.45) is 3.40. The largest absolute Gasteiger partial charge is 0.491 e. The third kappa shape index (κ3) is 4.93. The van der Waals surface area contributed by atoms with Gasteiger partial charge in [-0.2, -0.15) is 0 Å². The summed E-state index contributed by atoms with van der Waals surface area (Å²) in [7, 11) is 0. The molecule has 0 aliphatic carbocycles.